The highest BCUT2D eigenvalue weighted by Gasteiger charge is 2.37. The normalized spacial score (nSPS) is 20.1. The van der Waals surface area contributed by atoms with Gasteiger partial charge in [0.25, 0.3) is 0 Å². The van der Waals surface area contributed by atoms with Crippen molar-refractivity contribution in [1.29, 1.82) is 0 Å². The minimum atomic E-state index is -0.120. The fourth-order valence-corrected chi connectivity index (χ4v) is 7.45. The number of rotatable bonds is 4. The van der Waals surface area contributed by atoms with Gasteiger partial charge in [-0.2, -0.15) is 0 Å². The Kier molecular flexibility index (Phi) is 6.13. The molecule has 214 valence electrons. The van der Waals surface area contributed by atoms with Crippen LogP contribution in [0.4, 0.5) is 17.1 Å². The maximum Gasteiger partial charge on any atom is 0.0465 e. The molecule has 8 rings (SSSR count). The second kappa shape index (κ2) is 10.1. The van der Waals surface area contributed by atoms with E-state index in [-0.39, 0.29) is 5.41 Å². The van der Waals surface area contributed by atoms with Crippen LogP contribution in [0.5, 0.6) is 0 Å². The maximum atomic E-state index is 2.49. The molecule has 0 aromatic heterocycles. The predicted octanol–water partition coefficient (Wildman–Crippen LogP) is 11.3. The lowest BCUT2D eigenvalue weighted by molar-refractivity contribution is 0.616. The highest BCUT2D eigenvalue weighted by Crippen LogP contribution is 2.52. The van der Waals surface area contributed by atoms with Gasteiger partial charge in [0, 0.05) is 34.3 Å². The Morgan fingerprint density at radius 3 is 1.84 bits per heavy atom. The number of nitrogens with zero attached hydrogens (tertiary/aromatic N) is 1. The molecule has 0 N–H and O–H groups in total. The van der Waals surface area contributed by atoms with Gasteiger partial charge in [-0.25, -0.2) is 0 Å². The summed E-state index contributed by atoms with van der Waals surface area (Å²) in [6.07, 6.45) is 20.6. The smallest absolute Gasteiger partial charge is 0.0465 e. The highest BCUT2D eigenvalue weighted by molar-refractivity contribution is 5.88. The van der Waals surface area contributed by atoms with Gasteiger partial charge in [-0.05, 0) is 101 Å². The van der Waals surface area contributed by atoms with Gasteiger partial charge < -0.3 is 4.90 Å². The Bertz CT molecular complexity index is 1940. The molecule has 0 aliphatic heterocycles. The average molecular weight is 568 g/mol. The van der Waals surface area contributed by atoms with Crippen molar-refractivity contribution in [2.24, 2.45) is 11.8 Å². The van der Waals surface area contributed by atoms with Gasteiger partial charge in [0.15, 0.2) is 0 Å². The van der Waals surface area contributed by atoms with Crippen LogP contribution >= 0.6 is 0 Å². The van der Waals surface area contributed by atoms with E-state index in [0.717, 1.165) is 0 Å². The highest BCUT2D eigenvalue weighted by atomic mass is 15.1. The van der Waals surface area contributed by atoms with E-state index >= 15 is 0 Å². The second-order valence-electron chi connectivity index (χ2n) is 13.2. The Labute approximate surface area is 261 Å². The third-order valence-electron chi connectivity index (χ3n) is 9.99. The van der Waals surface area contributed by atoms with Crippen molar-refractivity contribution in [1.82, 2.24) is 0 Å². The summed E-state index contributed by atoms with van der Waals surface area (Å²) in [5, 5.41) is 0. The van der Waals surface area contributed by atoms with Crippen molar-refractivity contribution in [3.05, 3.63) is 179 Å². The lowest BCUT2D eigenvalue weighted by Crippen LogP contribution is -2.20. The van der Waals surface area contributed by atoms with Crippen molar-refractivity contribution in [2.45, 2.75) is 33.1 Å². The molecule has 2 atom stereocenters. The molecule has 4 aliphatic carbocycles. The first-order valence-electron chi connectivity index (χ1n) is 15.8. The fraction of sp³-hybridized carbons (Fsp3) is 0.163. The molecule has 4 aromatic carbocycles. The van der Waals surface area contributed by atoms with Crippen molar-refractivity contribution in [3.8, 4) is 11.1 Å². The third-order valence-corrected chi connectivity index (χ3v) is 9.99. The first-order chi connectivity index (χ1) is 21.4. The van der Waals surface area contributed by atoms with Gasteiger partial charge in [0.05, 0.1) is 0 Å². The molecule has 0 saturated heterocycles. The van der Waals surface area contributed by atoms with Crippen molar-refractivity contribution < 1.29 is 0 Å². The molecule has 4 aliphatic rings. The van der Waals surface area contributed by atoms with Crippen molar-refractivity contribution >= 4 is 22.6 Å². The van der Waals surface area contributed by atoms with Crippen LogP contribution in [0.3, 0.4) is 0 Å². The average Bonchev–Trinajstić information content (AvgIpc) is 3.28. The molecule has 2 unspecified atom stereocenters. The van der Waals surface area contributed by atoms with Gasteiger partial charge in [-0.1, -0.05) is 122 Å². The largest absolute Gasteiger partial charge is 0.310 e. The van der Waals surface area contributed by atoms with E-state index in [1.54, 1.807) is 0 Å². The van der Waals surface area contributed by atoms with E-state index in [0.29, 0.717) is 11.8 Å². The molecule has 1 heteroatoms. The summed E-state index contributed by atoms with van der Waals surface area (Å²) in [5.74, 6) is 0.797. The molecular weight excluding hydrogens is 530 g/mol. The van der Waals surface area contributed by atoms with Gasteiger partial charge in [0.2, 0.25) is 0 Å². The molecule has 0 bridgehead atoms. The maximum absolute atomic E-state index is 2.49. The zero-order valence-electron chi connectivity index (χ0n) is 25.9. The number of allylic oxidation sites excluding steroid dienone is 12. The fourth-order valence-electron chi connectivity index (χ4n) is 7.45. The minimum absolute atomic E-state index is 0.120. The van der Waals surface area contributed by atoms with Crippen LogP contribution in [0.1, 0.15) is 41.7 Å². The molecule has 0 saturated carbocycles. The monoisotopic (exact) mass is 567 g/mol. The number of hydrogen-bond donors (Lipinski definition) is 0. The number of benzene rings is 4. The van der Waals surface area contributed by atoms with E-state index in [2.05, 4.69) is 172 Å². The number of anilines is 3. The Hall–Kier alpha value is -4.88. The van der Waals surface area contributed by atoms with E-state index in [9.17, 15) is 0 Å². The molecule has 4 aromatic rings. The van der Waals surface area contributed by atoms with Gasteiger partial charge in [-0.15, -0.1) is 0 Å². The topological polar surface area (TPSA) is 3.24 Å². The van der Waals surface area contributed by atoms with Crippen molar-refractivity contribution in [3.63, 3.8) is 0 Å². The van der Waals surface area contributed by atoms with Crippen LogP contribution in [-0.2, 0) is 5.41 Å². The standard InChI is InChI=1S/C43H37N/c1-28-9-18-34(19-10-28)44(35-20-11-29(2)12-21-35)36-22-24-39-38-23-17-33(26-41(38)43(3,4)42(39)27-36)32-16-15-31-14-13-30-7-5-6-8-37(30)40(31)25-32/h5-27,37,40H,1-4H3. The van der Waals surface area contributed by atoms with Gasteiger partial charge in [-0.3, -0.25) is 0 Å². The third kappa shape index (κ3) is 4.30. The van der Waals surface area contributed by atoms with Gasteiger partial charge in [0.1, 0.15) is 0 Å². The minimum Gasteiger partial charge on any atom is -0.310 e. The molecule has 0 spiro atoms. The summed E-state index contributed by atoms with van der Waals surface area (Å²) < 4.78 is 0. The number of aryl methyl sites for hydroxylation is 2. The second-order valence-corrected chi connectivity index (χ2v) is 13.2. The number of fused-ring (bicyclic) bond motifs is 6. The summed E-state index contributed by atoms with van der Waals surface area (Å²) in [6, 6.07) is 31.9. The van der Waals surface area contributed by atoms with Gasteiger partial charge >= 0.3 is 0 Å². The summed E-state index contributed by atoms with van der Waals surface area (Å²) in [7, 11) is 0. The van der Waals surface area contributed by atoms with Crippen LogP contribution in [0.25, 0.3) is 16.7 Å². The van der Waals surface area contributed by atoms with Crippen LogP contribution in [0.2, 0.25) is 0 Å². The number of hydrogen-bond acceptors (Lipinski definition) is 1. The molecule has 0 fully saturated rings. The molecule has 1 nitrogen and oxygen atoms in total. The van der Waals surface area contributed by atoms with Crippen LogP contribution in [0, 0.1) is 25.7 Å². The Morgan fingerprint density at radius 1 is 0.568 bits per heavy atom. The first-order valence-corrected chi connectivity index (χ1v) is 15.8. The first kappa shape index (κ1) is 26.7. The summed E-state index contributed by atoms with van der Waals surface area (Å²) in [5.41, 5.74) is 16.8. The SMILES string of the molecule is Cc1ccc(N(c2ccc(C)cc2)c2ccc3c(c2)C(C)(C)c2cc(C4=CC5C(=CC=C6C=CC=CC65)C=C4)ccc2-3)cc1. The van der Waals surface area contributed by atoms with E-state index in [4.69, 9.17) is 0 Å². The predicted molar refractivity (Wildman–Crippen MR) is 187 cm³/mol. The molecular formula is C43H37N. The van der Waals surface area contributed by atoms with E-state index in [1.807, 2.05) is 0 Å². The zero-order chi connectivity index (χ0) is 30.0. The molecule has 44 heavy (non-hydrogen) atoms. The summed E-state index contributed by atoms with van der Waals surface area (Å²) in [6.45, 7) is 9.06. The Balaban J connectivity index is 1.18. The van der Waals surface area contributed by atoms with Crippen LogP contribution in [0.15, 0.2) is 151 Å². The Morgan fingerprint density at radius 2 is 1.16 bits per heavy atom. The molecule has 0 radical (unpaired) electrons. The van der Waals surface area contributed by atoms with E-state index in [1.165, 1.54) is 72.7 Å². The van der Waals surface area contributed by atoms with Crippen molar-refractivity contribution in [2.75, 3.05) is 4.90 Å². The lowest BCUT2D eigenvalue weighted by atomic mass is 9.72. The van der Waals surface area contributed by atoms with Crippen LogP contribution in [-0.4, -0.2) is 0 Å². The summed E-state index contributed by atoms with van der Waals surface area (Å²) >= 11 is 0. The molecule has 0 heterocycles. The lowest BCUT2D eigenvalue weighted by Gasteiger charge is -2.32. The molecule has 0 amide bonds. The summed E-state index contributed by atoms with van der Waals surface area (Å²) in [4.78, 5) is 2.38. The quantitative estimate of drug-likeness (QED) is 0.237. The van der Waals surface area contributed by atoms with E-state index < -0.39 is 0 Å². The zero-order valence-corrected chi connectivity index (χ0v) is 25.9. The van der Waals surface area contributed by atoms with Crippen LogP contribution < -0.4 is 4.90 Å².